The summed E-state index contributed by atoms with van der Waals surface area (Å²) in [6, 6.07) is 27.7. The molecule has 0 fully saturated rings. The summed E-state index contributed by atoms with van der Waals surface area (Å²) >= 11 is 0. The van der Waals surface area contributed by atoms with E-state index in [1.807, 2.05) is 48.5 Å². The number of rotatable bonds is 10. The van der Waals surface area contributed by atoms with Crippen LogP contribution in [0.25, 0.3) is 0 Å². The van der Waals surface area contributed by atoms with Gasteiger partial charge in [0.15, 0.2) is 5.76 Å². The van der Waals surface area contributed by atoms with Crippen molar-refractivity contribution in [1.29, 1.82) is 0 Å². The molecule has 0 aliphatic heterocycles. The van der Waals surface area contributed by atoms with E-state index in [1.54, 1.807) is 25.3 Å². The number of nitrogens with one attached hydrogen (secondary N) is 1. The summed E-state index contributed by atoms with van der Waals surface area (Å²) in [5.41, 5.74) is 3.07. The number of para-hydroxylation sites is 1. The van der Waals surface area contributed by atoms with E-state index in [9.17, 15) is 9.18 Å². The van der Waals surface area contributed by atoms with E-state index >= 15 is 0 Å². The monoisotopic (exact) mass is 458 g/mol. The number of nitrogens with zero attached hydrogens (tertiary/aromatic N) is 1. The van der Waals surface area contributed by atoms with Crippen molar-refractivity contribution >= 4 is 5.91 Å². The fraction of sp³-hybridized carbons (Fsp3) is 0.179. The average Bonchev–Trinajstić information content (AvgIpc) is 3.33. The van der Waals surface area contributed by atoms with Crippen molar-refractivity contribution in [3.05, 3.63) is 125 Å². The van der Waals surface area contributed by atoms with Crippen molar-refractivity contribution in [3.63, 3.8) is 0 Å². The number of methoxy groups -OCH3 is 1. The zero-order valence-electron chi connectivity index (χ0n) is 19.0. The van der Waals surface area contributed by atoms with Crippen molar-refractivity contribution in [2.75, 3.05) is 7.11 Å². The number of ether oxygens (including phenoxy) is 1. The van der Waals surface area contributed by atoms with Crippen molar-refractivity contribution in [3.8, 4) is 5.75 Å². The maximum absolute atomic E-state index is 13.1. The minimum atomic E-state index is -0.310. The van der Waals surface area contributed by atoms with Crippen LogP contribution < -0.4 is 10.1 Å². The highest BCUT2D eigenvalue weighted by molar-refractivity contribution is 5.91. The van der Waals surface area contributed by atoms with Gasteiger partial charge < -0.3 is 14.5 Å². The minimum Gasteiger partial charge on any atom is -0.496 e. The molecule has 1 aromatic heterocycles. The van der Waals surface area contributed by atoms with E-state index in [1.165, 1.54) is 17.7 Å². The van der Waals surface area contributed by atoms with E-state index in [2.05, 4.69) is 22.3 Å². The third-order valence-electron chi connectivity index (χ3n) is 5.47. The molecule has 1 heterocycles. The number of benzene rings is 3. The molecule has 5 nitrogen and oxygen atoms in total. The van der Waals surface area contributed by atoms with Gasteiger partial charge in [0.05, 0.1) is 13.7 Å². The summed E-state index contributed by atoms with van der Waals surface area (Å²) in [5, 5.41) is 2.81. The first-order valence-electron chi connectivity index (χ1n) is 11.1. The normalized spacial score (nSPS) is 10.9. The Morgan fingerprint density at radius 3 is 2.35 bits per heavy atom. The molecule has 1 amide bonds. The number of carbonyl (C=O) groups excluding carboxylic acids is 1. The van der Waals surface area contributed by atoms with Gasteiger partial charge in [-0.15, -0.1) is 0 Å². The summed E-state index contributed by atoms with van der Waals surface area (Å²) in [6.45, 7) is 2.19. The number of halogens is 1. The van der Waals surface area contributed by atoms with Gasteiger partial charge in [-0.1, -0.05) is 60.7 Å². The molecule has 4 aromatic rings. The standard InChI is InChI=1S/C28H27FN2O3/c1-33-26-10-6-5-9-23(26)19-31(18-22-7-3-2-4-8-22)20-25-15-16-27(34-25)28(32)30-17-21-11-13-24(29)14-12-21/h2-16H,17-20H2,1H3,(H,30,32). The summed E-state index contributed by atoms with van der Waals surface area (Å²) in [6.07, 6.45) is 0. The molecule has 4 rings (SSSR count). The maximum Gasteiger partial charge on any atom is 0.287 e. The molecular formula is C28H27FN2O3. The van der Waals surface area contributed by atoms with Crippen LogP contribution in [0, 0.1) is 5.82 Å². The van der Waals surface area contributed by atoms with Gasteiger partial charge in [-0.2, -0.15) is 0 Å². The Hall–Kier alpha value is -3.90. The molecule has 0 saturated heterocycles. The average molecular weight is 459 g/mol. The zero-order chi connectivity index (χ0) is 23.8. The predicted octanol–water partition coefficient (Wildman–Crippen LogP) is 5.56. The van der Waals surface area contributed by atoms with Gasteiger partial charge in [-0.25, -0.2) is 4.39 Å². The molecule has 174 valence electrons. The van der Waals surface area contributed by atoms with Crippen LogP contribution in [-0.2, 0) is 26.2 Å². The van der Waals surface area contributed by atoms with Crippen LogP contribution in [-0.4, -0.2) is 17.9 Å². The van der Waals surface area contributed by atoms with Crippen LogP contribution >= 0.6 is 0 Å². The second kappa shape index (κ2) is 11.3. The zero-order valence-corrected chi connectivity index (χ0v) is 19.0. The number of furan rings is 1. The second-order valence-corrected chi connectivity index (χ2v) is 8.02. The topological polar surface area (TPSA) is 54.7 Å². The molecule has 0 bridgehead atoms. The quantitative estimate of drug-likeness (QED) is 0.338. The first-order chi connectivity index (χ1) is 16.6. The van der Waals surface area contributed by atoms with Crippen LogP contribution in [0.3, 0.4) is 0 Å². The Labute approximate surface area is 198 Å². The van der Waals surface area contributed by atoms with Crippen LogP contribution in [0.15, 0.2) is 95.4 Å². The number of hydrogen-bond donors (Lipinski definition) is 1. The lowest BCUT2D eigenvalue weighted by atomic mass is 10.1. The smallest absolute Gasteiger partial charge is 0.287 e. The van der Waals surface area contributed by atoms with Gasteiger partial charge in [-0.05, 0) is 41.5 Å². The lowest BCUT2D eigenvalue weighted by Gasteiger charge is -2.22. The summed E-state index contributed by atoms with van der Waals surface area (Å²) < 4.78 is 24.5. The molecular weight excluding hydrogens is 431 g/mol. The Kier molecular flexibility index (Phi) is 7.73. The molecule has 34 heavy (non-hydrogen) atoms. The highest BCUT2D eigenvalue weighted by Crippen LogP contribution is 2.22. The predicted molar refractivity (Wildman–Crippen MR) is 129 cm³/mol. The Morgan fingerprint density at radius 1 is 0.853 bits per heavy atom. The van der Waals surface area contributed by atoms with Crippen molar-refractivity contribution in [1.82, 2.24) is 10.2 Å². The van der Waals surface area contributed by atoms with Crippen LogP contribution in [0.2, 0.25) is 0 Å². The van der Waals surface area contributed by atoms with Gasteiger partial charge in [0.25, 0.3) is 5.91 Å². The van der Waals surface area contributed by atoms with Crippen molar-refractivity contribution in [2.45, 2.75) is 26.2 Å². The van der Waals surface area contributed by atoms with E-state index in [0.717, 1.165) is 16.9 Å². The molecule has 0 unspecified atom stereocenters. The third kappa shape index (κ3) is 6.33. The number of carbonyl (C=O) groups is 1. The van der Waals surface area contributed by atoms with Gasteiger partial charge in [-0.3, -0.25) is 9.69 Å². The lowest BCUT2D eigenvalue weighted by molar-refractivity contribution is 0.0918. The molecule has 0 radical (unpaired) electrons. The molecule has 0 aliphatic rings. The van der Waals surface area contributed by atoms with E-state index in [-0.39, 0.29) is 17.5 Å². The minimum absolute atomic E-state index is 0.245. The van der Waals surface area contributed by atoms with Gasteiger partial charge >= 0.3 is 0 Å². The Morgan fingerprint density at radius 2 is 1.59 bits per heavy atom. The molecule has 0 saturated carbocycles. The van der Waals surface area contributed by atoms with Crippen LogP contribution in [0.1, 0.15) is 33.0 Å². The fourth-order valence-corrected chi connectivity index (χ4v) is 3.76. The lowest BCUT2D eigenvalue weighted by Crippen LogP contribution is -2.23. The first-order valence-corrected chi connectivity index (χ1v) is 11.1. The molecule has 0 spiro atoms. The molecule has 3 aromatic carbocycles. The third-order valence-corrected chi connectivity index (χ3v) is 5.47. The van der Waals surface area contributed by atoms with Crippen molar-refractivity contribution in [2.24, 2.45) is 0 Å². The van der Waals surface area contributed by atoms with Crippen LogP contribution in [0.5, 0.6) is 5.75 Å². The highest BCUT2D eigenvalue weighted by Gasteiger charge is 2.16. The molecule has 0 aliphatic carbocycles. The Balaban J connectivity index is 1.44. The number of amides is 1. The number of hydrogen-bond acceptors (Lipinski definition) is 4. The van der Waals surface area contributed by atoms with Gasteiger partial charge in [0.2, 0.25) is 0 Å². The van der Waals surface area contributed by atoms with E-state index in [0.29, 0.717) is 31.9 Å². The molecule has 6 heteroatoms. The maximum atomic E-state index is 13.1. The fourth-order valence-electron chi connectivity index (χ4n) is 3.76. The van der Waals surface area contributed by atoms with Crippen LogP contribution in [0.4, 0.5) is 4.39 Å². The molecule has 0 atom stereocenters. The summed E-state index contributed by atoms with van der Waals surface area (Å²) in [4.78, 5) is 14.8. The highest BCUT2D eigenvalue weighted by atomic mass is 19.1. The first kappa shape index (κ1) is 23.3. The van der Waals surface area contributed by atoms with Crippen molar-refractivity contribution < 1.29 is 18.3 Å². The SMILES string of the molecule is COc1ccccc1CN(Cc1ccccc1)Cc1ccc(C(=O)NCc2ccc(F)cc2)o1. The van der Waals surface area contributed by atoms with Gasteiger partial charge in [0, 0.05) is 25.2 Å². The van der Waals surface area contributed by atoms with E-state index < -0.39 is 0 Å². The Bertz CT molecular complexity index is 1210. The summed E-state index contributed by atoms with van der Waals surface area (Å²) in [7, 11) is 1.67. The summed E-state index contributed by atoms with van der Waals surface area (Å²) in [5.74, 6) is 1.15. The second-order valence-electron chi connectivity index (χ2n) is 8.02. The van der Waals surface area contributed by atoms with E-state index in [4.69, 9.17) is 9.15 Å². The largest absolute Gasteiger partial charge is 0.496 e. The van der Waals surface area contributed by atoms with Gasteiger partial charge in [0.1, 0.15) is 17.3 Å². The molecule has 1 N–H and O–H groups in total.